The lowest BCUT2D eigenvalue weighted by molar-refractivity contribution is 1.18. The van der Waals surface area contributed by atoms with Crippen molar-refractivity contribution >= 4 is 43.6 Å². The molecule has 5 heteroatoms. The molecule has 0 spiro atoms. The first kappa shape index (κ1) is 28.8. The Balaban J connectivity index is 1.18. The molecule has 5 nitrogen and oxygen atoms in total. The molecule has 0 aliphatic rings. The first-order valence-corrected chi connectivity index (χ1v) is 16.3. The van der Waals surface area contributed by atoms with E-state index in [-0.39, 0.29) is 0 Å². The first-order chi connectivity index (χ1) is 24.6. The molecule has 0 unspecified atom stereocenters. The van der Waals surface area contributed by atoms with E-state index in [4.69, 9.17) is 0 Å². The molecule has 0 aliphatic carbocycles. The van der Waals surface area contributed by atoms with Gasteiger partial charge in [-0.05, 0) is 102 Å². The number of para-hydroxylation sites is 3. The van der Waals surface area contributed by atoms with Crippen LogP contribution >= 0.6 is 0 Å². The van der Waals surface area contributed by atoms with Gasteiger partial charge in [-0.3, -0.25) is 0 Å². The average molecular weight is 636 g/mol. The standard InChI is InChI=1S/C45H25N5/c46-26-29-13-19-44-39(23-29)37-8-2-5-11-42(37)49(44)35-17-15-32(16-18-35)33-21-31(28-48)22-34(25-33)36-7-1-4-10-41(36)50-43-12-6-3-9-38(43)40-24-30(27-47)14-20-45(40)50/h1-25H. The third-order valence-electron chi connectivity index (χ3n) is 9.58. The van der Waals surface area contributed by atoms with E-state index in [2.05, 4.69) is 94.1 Å². The SMILES string of the molecule is N#Cc1cc(-c2ccc(-n3c4ccccc4c4cc(C#N)ccc43)cc2)cc(-c2ccccc2-n2c3ccccc3c3cc(C#N)ccc32)c1. The smallest absolute Gasteiger partial charge is 0.0992 e. The molecule has 0 aliphatic heterocycles. The van der Waals surface area contributed by atoms with Crippen LogP contribution in [0.1, 0.15) is 16.7 Å². The minimum atomic E-state index is 0.577. The monoisotopic (exact) mass is 635 g/mol. The zero-order chi connectivity index (χ0) is 33.8. The Labute approximate surface area is 287 Å². The summed E-state index contributed by atoms with van der Waals surface area (Å²) < 4.78 is 4.48. The van der Waals surface area contributed by atoms with Crippen LogP contribution in [0.25, 0.3) is 77.2 Å². The van der Waals surface area contributed by atoms with Crippen LogP contribution in [0, 0.1) is 34.0 Å². The second kappa shape index (κ2) is 11.4. The van der Waals surface area contributed by atoms with Crippen LogP contribution in [0.2, 0.25) is 0 Å². The van der Waals surface area contributed by atoms with Crippen molar-refractivity contribution in [1.29, 1.82) is 15.8 Å². The third kappa shape index (κ3) is 4.45. The van der Waals surface area contributed by atoms with Crippen molar-refractivity contribution < 1.29 is 0 Å². The molecule has 230 valence electrons. The van der Waals surface area contributed by atoms with Gasteiger partial charge in [-0.1, -0.05) is 66.7 Å². The minimum absolute atomic E-state index is 0.577. The molecule has 7 aromatic carbocycles. The number of aromatic nitrogens is 2. The summed E-state index contributed by atoms with van der Waals surface area (Å²) in [4.78, 5) is 0. The molecule has 9 rings (SSSR count). The zero-order valence-electron chi connectivity index (χ0n) is 26.7. The lowest BCUT2D eigenvalue weighted by atomic mass is 9.95. The van der Waals surface area contributed by atoms with Crippen molar-refractivity contribution in [2.75, 3.05) is 0 Å². The van der Waals surface area contributed by atoms with Crippen molar-refractivity contribution in [3.8, 4) is 51.8 Å². The number of nitrogens with zero attached hydrogens (tertiary/aromatic N) is 5. The number of benzene rings is 7. The van der Waals surface area contributed by atoms with E-state index in [0.29, 0.717) is 16.7 Å². The summed E-state index contributed by atoms with van der Waals surface area (Å²) in [5.74, 6) is 0. The molecule has 0 radical (unpaired) electrons. The van der Waals surface area contributed by atoms with Crippen molar-refractivity contribution in [2.24, 2.45) is 0 Å². The van der Waals surface area contributed by atoms with E-state index in [1.807, 2.05) is 84.9 Å². The van der Waals surface area contributed by atoms with E-state index in [0.717, 1.165) is 77.2 Å². The highest BCUT2D eigenvalue weighted by Gasteiger charge is 2.17. The molecule has 2 aromatic heterocycles. The highest BCUT2D eigenvalue weighted by atomic mass is 15.0. The first-order valence-electron chi connectivity index (χ1n) is 16.3. The van der Waals surface area contributed by atoms with Gasteiger partial charge in [0.15, 0.2) is 0 Å². The second-order valence-corrected chi connectivity index (χ2v) is 12.4. The van der Waals surface area contributed by atoms with E-state index < -0.39 is 0 Å². The molecule has 0 amide bonds. The molecule has 0 atom stereocenters. The van der Waals surface area contributed by atoms with Crippen LogP contribution < -0.4 is 0 Å². The predicted molar refractivity (Wildman–Crippen MR) is 200 cm³/mol. The molecular weight excluding hydrogens is 611 g/mol. The molecule has 2 heterocycles. The van der Waals surface area contributed by atoms with E-state index >= 15 is 0 Å². The van der Waals surface area contributed by atoms with Gasteiger partial charge < -0.3 is 9.13 Å². The molecule has 0 saturated heterocycles. The van der Waals surface area contributed by atoms with Gasteiger partial charge >= 0.3 is 0 Å². The molecule has 0 saturated carbocycles. The topological polar surface area (TPSA) is 81.2 Å². The third-order valence-corrected chi connectivity index (χ3v) is 9.58. The fourth-order valence-corrected chi connectivity index (χ4v) is 7.35. The van der Waals surface area contributed by atoms with Gasteiger partial charge in [0.1, 0.15) is 0 Å². The Morgan fingerprint density at radius 3 is 1.52 bits per heavy atom. The van der Waals surface area contributed by atoms with Crippen molar-refractivity contribution in [3.05, 3.63) is 168 Å². The Morgan fingerprint density at radius 2 is 0.880 bits per heavy atom. The number of rotatable bonds is 4. The van der Waals surface area contributed by atoms with Crippen molar-refractivity contribution in [2.45, 2.75) is 0 Å². The van der Waals surface area contributed by atoms with E-state index in [1.54, 1.807) is 0 Å². The fourth-order valence-electron chi connectivity index (χ4n) is 7.35. The molecule has 9 aromatic rings. The molecule has 0 fully saturated rings. The number of hydrogen-bond donors (Lipinski definition) is 0. The van der Waals surface area contributed by atoms with Gasteiger partial charge in [-0.15, -0.1) is 0 Å². The summed E-state index contributed by atoms with van der Waals surface area (Å²) in [5.41, 5.74) is 11.9. The maximum atomic E-state index is 10.2. The number of fused-ring (bicyclic) bond motifs is 6. The Hall–Kier alpha value is -7.39. The number of hydrogen-bond acceptors (Lipinski definition) is 3. The predicted octanol–water partition coefficient (Wildman–Crippen LogP) is 10.8. The summed E-state index contributed by atoms with van der Waals surface area (Å²) in [6, 6.07) is 57.9. The van der Waals surface area contributed by atoms with E-state index in [1.165, 1.54) is 0 Å². The summed E-state index contributed by atoms with van der Waals surface area (Å²) in [5, 5.41) is 33.6. The van der Waals surface area contributed by atoms with Crippen LogP contribution in [-0.2, 0) is 0 Å². The highest BCUT2D eigenvalue weighted by molar-refractivity contribution is 6.11. The average Bonchev–Trinajstić information content (AvgIpc) is 3.69. The summed E-state index contributed by atoms with van der Waals surface area (Å²) in [7, 11) is 0. The Bertz CT molecular complexity index is 2960. The second-order valence-electron chi connectivity index (χ2n) is 12.4. The van der Waals surface area contributed by atoms with Crippen LogP contribution in [0.3, 0.4) is 0 Å². The van der Waals surface area contributed by atoms with E-state index in [9.17, 15) is 15.8 Å². The normalized spacial score (nSPS) is 11.1. The van der Waals surface area contributed by atoms with Gasteiger partial charge in [-0.2, -0.15) is 15.8 Å². The van der Waals surface area contributed by atoms with Crippen LogP contribution in [0.4, 0.5) is 0 Å². The Morgan fingerprint density at radius 1 is 0.360 bits per heavy atom. The zero-order valence-corrected chi connectivity index (χ0v) is 26.7. The van der Waals surface area contributed by atoms with Crippen LogP contribution in [0.15, 0.2) is 152 Å². The summed E-state index contributed by atoms with van der Waals surface area (Å²) in [6.45, 7) is 0. The highest BCUT2D eigenvalue weighted by Crippen LogP contribution is 2.38. The lowest BCUT2D eigenvalue weighted by Crippen LogP contribution is -1.98. The van der Waals surface area contributed by atoms with Gasteiger partial charge in [0.05, 0.1) is 62.7 Å². The molecule has 0 bridgehead atoms. The summed E-state index contributed by atoms with van der Waals surface area (Å²) in [6.07, 6.45) is 0. The molecule has 50 heavy (non-hydrogen) atoms. The number of nitriles is 3. The Kier molecular flexibility index (Phi) is 6.56. The van der Waals surface area contributed by atoms with Crippen LogP contribution in [-0.4, -0.2) is 9.13 Å². The lowest BCUT2D eigenvalue weighted by Gasteiger charge is -2.15. The van der Waals surface area contributed by atoms with Crippen LogP contribution in [0.5, 0.6) is 0 Å². The largest absolute Gasteiger partial charge is 0.309 e. The fraction of sp³-hybridized carbons (Fsp3) is 0. The minimum Gasteiger partial charge on any atom is -0.309 e. The quantitative estimate of drug-likeness (QED) is 0.193. The van der Waals surface area contributed by atoms with Gasteiger partial charge in [0.25, 0.3) is 0 Å². The van der Waals surface area contributed by atoms with Crippen molar-refractivity contribution in [1.82, 2.24) is 9.13 Å². The van der Waals surface area contributed by atoms with Gasteiger partial charge in [0, 0.05) is 32.8 Å². The van der Waals surface area contributed by atoms with Gasteiger partial charge in [0.2, 0.25) is 0 Å². The molecular formula is C45H25N5. The molecule has 0 N–H and O–H groups in total. The maximum Gasteiger partial charge on any atom is 0.0992 e. The van der Waals surface area contributed by atoms with Crippen molar-refractivity contribution in [3.63, 3.8) is 0 Å². The summed E-state index contributed by atoms with van der Waals surface area (Å²) >= 11 is 0. The maximum absolute atomic E-state index is 10.2. The van der Waals surface area contributed by atoms with Gasteiger partial charge in [-0.25, -0.2) is 0 Å².